The SMILES string of the molecule is CC(C)C(CCCc1ccccc1)C(C)O. The molecule has 0 saturated heterocycles. The van der Waals surface area contributed by atoms with Crippen LogP contribution >= 0.6 is 0 Å². The first-order valence-corrected chi connectivity index (χ1v) is 6.33. The van der Waals surface area contributed by atoms with Crippen molar-refractivity contribution in [2.24, 2.45) is 11.8 Å². The predicted molar refractivity (Wildman–Crippen MR) is 69.4 cm³/mol. The lowest BCUT2D eigenvalue weighted by atomic mass is 9.86. The molecule has 2 atom stereocenters. The Labute approximate surface area is 99.5 Å². The summed E-state index contributed by atoms with van der Waals surface area (Å²) in [5.74, 6) is 1.000. The molecule has 1 N–H and O–H groups in total. The lowest BCUT2D eigenvalue weighted by molar-refractivity contribution is 0.0906. The average Bonchev–Trinajstić information content (AvgIpc) is 2.24. The van der Waals surface area contributed by atoms with Crippen LogP contribution in [0.2, 0.25) is 0 Å². The Bertz CT molecular complexity index is 269. The molecule has 0 radical (unpaired) electrons. The van der Waals surface area contributed by atoms with Gasteiger partial charge in [-0.2, -0.15) is 0 Å². The van der Waals surface area contributed by atoms with Crippen LogP contribution in [0.4, 0.5) is 0 Å². The van der Waals surface area contributed by atoms with Crippen LogP contribution in [0.3, 0.4) is 0 Å². The molecule has 1 aromatic carbocycles. The fraction of sp³-hybridized carbons (Fsp3) is 0.600. The van der Waals surface area contributed by atoms with Gasteiger partial charge in [0.25, 0.3) is 0 Å². The van der Waals surface area contributed by atoms with Gasteiger partial charge >= 0.3 is 0 Å². The summed E-state index contributed by atoms with van der Waals surface area (Å²) in [6, 6.07) is 10.6. The van der Waals surface area contributed by atoms with Crippen molar-refractivity contribution in [1.29, 1.82) is 0 Å². The Kier molecular flexibility index (Phi) is 5.54. The Morgan fingerprint density at radius 2 is 1.69 bits per heavy atom. The van der Waals surface area contributed by atoms with Gasteiger partial charge in [-0.3, -0.25) is 0 Å². The molecule has 0 aliphatic carbocycles. The number of aliphatic hydroxyl groups is 1. The molecule has 0 spiro atoms. The molecule has 0 saturated carbocycles. The molecule has 2 unspecified atom stereocenters. The van der Waals surface area contributed by atoms with E-state index in [0.717, 1.165) is 19.3 Å². The highest BCUT2D eigenvalue weighted by Crippen LogP contribution is 2.22. The van der Waals surface area contributed by atoms with Gasteiger partial charge in [0, 0.05) is 0 Å². The fourth-order valence-corrected chi connectivity index (χ4v) is 2.32. The lowest BCUT2D eigenvalue weighted by Crippen LogP contribution is -2.22. The third-order valence-electron chi connectivity index (χ3n) is 3.32. The van der Waals surface area contributed by atoms with E-state index in [1.165, 1.54) is 5.56 Å². The van der Waals surface area contributed by atoms with Crippen molar-refractivity contribution in [2.75, 3.05) is 0 Å². The summed E-state index contributed by atoms with van der Waals surface area (Å²) in [6.07, 6.45) is 3.22. The van der Waals surface area contributed by atoms with Crippen LogP contribution in [-0.4, -0.2) is 11.2 Å². The zero-order valence-electron chi connectivity index (χ0n) is 10.7. The van der Waals surface area contributed by atoms with E-state index >= 15 is 0 Å². The highest BCUT2D eigenvalue weighted by molar-refractivity contribution is 5.14. The molecule has 16 heavy (non-hydrogen) atoms. The molecule has 0 heterocycles. The highest BCUT2D eigenvalue weighted by Gasteiger charge is 2.18. The maximum atomic E-state index is 9.68. The van der Waals surface area contributed by atoms with E-state index < -0.39 is 0 Å². The van der Waals surface area contributed by atoms with Gasteiger partial charge in [-0.1, -0.05) is 44.2 Å². The van der Waals surface area contributed by atoms with Crippen molar-refractivity contribution in [3.8, 4) is 0 Å². The fourth-order valence-electron chi connectivity index (χ4n) is 2.32. The smallest absolute Gasteiger partial charge is 0.0542 e. The summed E-state index contributed by atoms with van der Waals surface area (Å²) in [7, 11) is 0. The van der Waals surface area contributed by atoms with Crippen molar-refractivity contribution in [2.45, 2.75) is 46.1 Å². The van der Waals surface area contributed by atoms with E-state index in [1.54, 1.807) is 0 Å². The second-order valence-electron chi connectivity index (χ2n) is 5.03. The zero-order chi connectivity index (χ0) is 12.0. The van der Waals surface area contributed by atoms with Gasteiger partial charge in [-0.15, -0.1) is 0 Å². The molecule has 0 fully saturated rings. The number of aryl methyl sites for hydroxylation is 1. The summed E-state index contributed by atoms with van der Waals surface area (Å²) in [5, 5.41) is 9.68. The van der Waals surface area contributed by atoms with Crippen LogP contribution in [0, 0.1) is 11.8 Å². The van der Waals surface area contributed by atoms with E-state index in [0.29, 0.717) is 11.8 Å². The molecule has 1 nitrogen and oxygen atoms in total. The third kappa shape index (κ3) is 4.36. The minimum atomic E-state index is -0.184. The van der Waals surface area contributed by atoms with E-state index in [-0.39, 0.29) is 6.10 Å². The second kappa shape index (κ2) is 6.70. The number of benzene rings is 1. The van der Waals surface area contributed by atoms with Gasteiger partial charge in [0.1, 0.15) is 0 Å². The van der Waals surface area contributed by atoms with Crippen molar-refractivity contribution in [3.05, 3.63) is 35.9 Å². The average molecular weight is 220 g/mol. The van der Waals surface area contributed by atoms with Gasteiger partial charge in [-0.05, 0) is 43.6 Å². The summed E-state index contributed by atoms with van der Waals surface area (Å²) in [6.45, 7) is 6.30. The van der Waals surface area contributed by atoms with Gasteiger partial charge in [0.05, 0.1) is 6.10 Å². The van der Waals surface area contributed by atoms with Crippen LogP contribution < -0.4 is 0 Å². The van der Waals surface area contributed by atoms with Crippen molar-refractivity contribution < 1.29 is 5.11 Å². The Morgan fingerprint density at radius 3 is 2.19 bits per heavy atom. The zero-order valence-corrected chi connectivity index (χ0v) is 10.7. The quantitative estimate of drug-likeness (QED) is 0.775. The maximum absolute atomic E-state index is 9.68. The first-order chi connectivity index (χ1) is 7.61. The standard InChI is InChI=1S/C15H24O/c1-12(2)15(13(3)16)11-7-10-14-8-5-4-6-9-14/h4-6,8-9,12-13,15-16H,7,10-11H2,1-3H3. The summed E-state index contributed by atoms with van der Waals surface area (Å²) in [4.78, 5) is 0. The van der Waals surface area contributed by atoms with Crippen molar-refractivity contribution >= 4 is 0 Å². The number of aliphatic hydroxyl groups excluding tert-OH is 1. The molecular formula is C15H24O. The van der Waals surface area contributed by atoms with Gasteiger partial charge in [0.15, 0.2) is 0 Å². The highest BCUT2D eigenvalue weighted by atomic mass is 16.3. The molecule has 1 rings (SSSR count). The first kappa shape index (κ1) is 13.2. The molecule has 0 aliphatic heterocycles. The van der Waals surface area contributed by atoms with E-state index in [9.17, 15) is 5.11 Å². The summed E-state index contributed by atoms with van der Waals surface area (Å²) < 4.78 is 0. The van der Waals surface area contributed by atoms with E-state index in [4.69, 9.17) is 0 Å². The van der Waals surface area contributed by atoms with Crippen LogP contribution in [-0.2, 0) is 6.42 Å². The molecule has 0 bridgehead atoms. The number of hydrogen-bond acceptors (Lipinski definition) is 1. The van der Waals surface area contributed by atoms with Crippen molar-refractivity contribution in [1.82, 2.24) is 0 Å². The topological polar surface area (TPSA) is 20.2 Å². The second-order valence-corrected chi connectivity index (χ2v) is 5.03. The minimum Gasteiger partial charge on any atom is -0.393 e. The summed E-state index contributed by atoms with van der Waals surface area (Å²) in [5.41, 5.74) is 1.40. The summed E-state index contributed by atoms with van der Waals surface area (Å²) >= 11 is 0. The molecule has 90 valence electrons. The molecule has 0 aliphatic rings. The van der Waals surface area contributed by atoms with Crippen molar-refractivity contribution in [3.63, 3.8) is 0 Å². The molecular weight excluding hydrogens is 196 g/mol. The monoisotopic (exact) mass is 220 g/mol. The lowest BCUT2D eigenvalue weighted by Gasteiger charge is -2.23. The van der Waals surface area contributed by atoms with Crippen LogP contribution in [0.1, 0.15) is 39.2 Å². The minimum absolute atomic E-state index is 0.184. The molecule has 0 aromatic heterocycles. The van der Waals surface area contributed by atoms with Gasteiger partial charge < -0.3 is 5.11 Å². The first-order valence-electron chi connectivity index (χ1n) is 6.33. The van der Waals surface area contributed by atoms with Crippen LogP contribution in [0.5, 0.6) is 0 Å². The number of hydrogen-bond donors (Lipinski definition) is 1. The predicted octanol–water partition coefficient (Wildman–Crippen LogP) is 3.66. The maximum Gasteiger partial charge on any atom is 0.0542 e. The Balaban J connectivity index is 2.34. The third-order valence-corrected chi connectivity index (χ3v) is 3.32. The normalized spacial score (nSPS) is 15.1. The molecule has 1 heteroatoms. The van der Waals surface area contributed by atoms with E-state index in [2.05, 4.69) is 44.2 Å². The molecule has 1 aromatic rings. The van der Waals surface area contributed by atoms with Crippen LogP contribution in [0.15, 0.2) is 30.3 Å². The van der Waals surface area contributed by atoms with Gasteiger partial charge in [-0.25, -0.2) is 0 Å². The van der Waals surface area contributed by atoms with Gasteiger partial charge in [0.2, 0.25) is 0 Å². The largest absolute Gasteiger partial charge is 0.393 e. The Morgan fingerprint density at radius 1 is 1.06 bits per heavy atom. The Hall–Kier alpha value is -0.820. The van der Waals surface area contributed by atoms with E-state index in [1.807, 2.05) is 6.92 Å². The van der Waals surface area contributed by atoms with Crippen LogP contribution in [0.25, 0.3) is 0 Å². The number of rotatable bonds is 6. The molecule has 0 amide bonds.